The Morgan fingerprint density at radius 3 is 2.64 bits per heavy atom. The SMILES string of the molecule is CSC#CC1(O)CCSCC1. The van der Waals surface area contributed by atoms with Gasteiger partial charge in [-0.05, 0) is 35.9 Å². The Labute approximate surface area is 76.3 Å². The van der Waals surface area contributed by atoms with Crippen molar-refractivity contribution in [3.05, 3.63) is 0 Å². The monoisotopic (exact) mass is 188 g/mol. The third-order valence-corrected chi connectivity index (χ3v) is 3.00. The molecule has 0 spiro atoms. The quantitative estimate of drug-likeness (QED) is 0.583. The first-order chi connectivity index (χ1) is 5.27. The van der Waals surface area contributed by atoms with Crippen molar-refractivity contribution < 1.29 is 5.11 Å². The summed E-state index contributed by atoms with van der Waals surface area (Å²) in [5.74, 6) is 4.99. The van der Waals surface area contributed by atoms with E-state index in [0.717, 1.165) is 24.3 Å². The smallest absolute Gasteiger partial charge is 0.127 e. The molecule has 1 aliphatic rings. The van der Waals surface area contributed by atoms with Gasteiger partial charge in [-0.2, -0.15) is 11.8 Å². The molecule has 1 fully saturated rings. The number of hydrogen-bond donors (Lipinski definition) is 1. The molecule has 1 rings (SSSR count). The van der Waals surface area contributed by atoms with E-state index in [-0.39, 0.29) is 0 Å². The van der Waals surface area contributed by atoms with Crippen molar-refractivity contribution in [3.63, 3.8) is 0 Å². The fourth-order valence-electron chi connectivity index (χ4n) is 0.980. The van der Waals surface area contributed by atoms with Gasteiger partial charge in [0.15, 0.2) is 0 Å². The van der Waals surface area contributed by atoms with Crippen LogP contribution in [0.1, 0.15) is 12.8 Å². The molecule has 0 radical (unpaired) electrons. The summed E-state index contributed by atoms with van der Waals surface area (Å²) in [7, 11) is 0. The first-order valence-corrected chi connectivity index (χ1v) is 6.00. The Morgan fingerprint density at radius 2 is 2.09 bits per heavy atom. The summed E-state index contributed by atoms with van der Waals surface area (Å²) in [5.41, 5.74) is -0.672. The Hall–Kier alpha value is 0.220. The zero-order valence-electron chi connectivity index (χ0n) is 6.59. The molecule has 0 atom stereocenters. The van der Waals surface area contributed by atoms with Gasteiger partial charge in [-0.1, -0.05) is 17.7 Å². The second kappa shape index (κ2) is 4.30. The van der Waals surface area contributed by atoms with E-state index >= 15 is 0 Å². The number of thioether (sulfide) groups is 2. The first kappa shape index (κ1) is 9.31. The van der Waals surface area contributed by atoms with Gasteiger partial charge in [-0.15, -0.1) is 0 Å². The van der Waals surface area contributed by atoms with E-state index in [1.807, 2.05) is 18.0 Å². The summed E-state index contributed by atoms with van der Waals surface area (Å²) in [4.78, 5) is 0. The molecule has 0 amide bonds. The molecule has 1 nitrogen and oxygen atoms in total. The average molecular weight is 188 g/mol. The molecule has 0 aliphatic carbocycles. The highest BCUT2D eigenvalue weighted by Gasteiger charge is 2.26. The van der Waals surface area contributed by atoms with Gasteiger partial charge < -0.3 is 5.11 Å². The highest BCUT2D eigenvalue weighted by molar-refractivity contribution is 8.03. The maximum Gasteiger partial charge on any atom is 0.127 e. The van der Waals surface area contributed by atoms with Crippen LogP contribution in [0, 0.1) is 11.2 Å². The van der Waals surface area contributed by atoms with Gasteiger partial charge >= 0.3 is 0 Å². The molecular weight excluding hydrogens is 176 g/mol. The molecule has 0 unspecified atom stereocenters. The second-order valence-corrected chi connectivity index (χ2v) is 4.41. The lowest BCUT2D eigenvalue weighted by Gasteiger charge is -2.25. The minimum absolute atomic E-state index is 0.672. The molecule has 0 bridgehead atoms. The fraction of sp³-hybridized carbons (Fsp3) is 0.750. The lowest BCUT2D eigenvalue weighted by molar-refractivity contribution is 0.0929. The van der Waals surface area contributed by atoms with E-state index in [2.05, 4.69) is 11.2 Å². The molecule has 1 aliphatic heterocycles. The van der Waals surface area contributed by atoms with Gasteiger partial charge in [0.05, 0.1) is 0 Å². The molecular formula is C8H12OS2. The van der Waals surface area contributed by atoms with Crippen molar-refractivity contribution in [2.24, 2.45) is 0 Å². The van der Waals surface area contributed by atoms with Crippen molar-refractivity contribution >= 4 is 23.5 Å². The number of hydrogen-bond acceptors (Lipinski definition) is 3. The first-order valence-electron chi connectivity index (χ1n) is 3.62. The van der Waals surface area contributed by atoms with Gasteiger partial charge in [-0.25, -0.2) is 0 Å². The maximum absolute atomic E-state index is 9.80. The molecule has 62 valence electrons. The summed E-state index contributed by atoms with van der Waals surface area (Å²) >= 11 is 3.36. The van der Waals surface area contributed by atoms with Crippen LogP contribution in [0.2, 0.25) is 0 Å². The van der Waals surface area contributed by atoms with Crippen LogP contribution in [0.5, 0.6) is 0 Å². The molecule has 1 saturated heterocycles. The summed E-state index contributed by atoms with van der Waals surface area (Å²) in [6, 6.07) is 0. The van der Waals surface area contributed by atoms with Crippen molar-refractivity contribution in [1.82, 2.24) is 0 Å². The van der Waals surface area contributed by atoms with Gasteiger partial charge in [0.1, 0.15) is 5.60 Å². The van der Waals surface area contributed by atoms with Crippen LogP contribution in [-0.2, 0) is 0 Å². The van der Waals surface area contributed by atoms with Crippen molar-refractivity contribution in [1.29, 1.82) is 0 Å². The Kier molecular flexibility index (Phi) is 3.64. The summed E-state index contributed by atoms with van der Waals surface area (Å²) < 4.78 is 0. The summed E-state index contributed by atoms with van der Waals surface area (Å²) in [5, 5.41) is 12.7. The van der Waals surface area contributed by atoms with Gasteiger partial charge in [0, 0.05) is 0 Å². The van der Waals surface area contributed by atoms with E-state index in [0.29, 0.717) is 0 Å². The Morgan fingerprint density at radius 1 is 1.45 bits per heavy atom. The molecule has 0 aromatic carbocycles. The van der Waals surface area contributed by atoms with Crippen LogP contribution < -0.4 is 0 Å². The fourth-order valence-corrected chi connectivity index (χ4v) is 2.44. The summed E-state index contributed by atoms with van der Waals surface area (Å²) in [6.45, 7) is 0. The normalized spacial score (nSPS) is 22.0. The van der Waals surface area contributed by atoms with Crippen molar-refractivity contribution in [2.45, 2.75) is 18.4 Å². The molecule has 0 saturated carbocycles. The lowest BCUT2D eigenvalue weighted by Crippen LogP contribution is -2.31. The van der Waals surface area contributed by atoms with Crippen LogP contribution >= 0.6 is 23.5 Å². The standard InChI is InChI=1S/C8H12OS2/c1-10-5-2-8(9)3-6-11-7-4-8/h9H,3-4,6-7H2,1H3. The highest BCUT2D eigenvalue weighted by Crippen LogP contribution is 2.26. The van der Waals surface area contributed by atoms with Crippen LogP contribution in [0.4, 0.5) is 0 Å². The van der Waals surface area contributed by atoms with E-state index < -0.39 is 5.60 Å². The topological polar surface area (TPSA) is 20.2 Å². The highest BCUT2D eigenvalue weighted by atomic mass is 32.2. The van der Waals surface area contributed by atoms with Gasteiger partial charge in [0.2, 0.25) is 0 Å². The Balaban J connectivity index is 2.49. The molecule has 0 aromatic rings. The third kappa shape index (κ3) is 2.98. The van der Waals surface area contributed by atoms with E-state index in [1.165, 1.54) is 11.8 Å². The number of aliphatic hydroxyl groups is 1. The molecule has 1 N–H and O–H groups in total. The minimum Gasteiger partial charge on any atom is -0.378 e. The van der Waals surface area contributed by atoms with Crippen molar-refractivity contribution in [2.75, 3.05) is 17.8 Å². The van der Waals surface area contributed by atoms with Crippen LogP contribution in [0.15, 0.2) is 0 Å². The average Bonchev–Trinajstić information content (AvgIpc) is 2.03. The number of rotatable bonds is 0. The van der Waals surface area contributed by atoms with Crippen molar-refractivity contribution in [3.8, 4) is 11.2 Å². The third-order valence-electron chi connectivity index (χ3n) is 1.71. The predicted octanol–water partition coefficient (Wildman–Crippen LogP) is 1.57. The van der Waals surface area contributed by atoms with Gasteiger partial charge in [0.25, 0.3) is 0 Å². The predicted molar refractivity (Wildman–Crippen MR) is 52.8 cm³/mol. The largest absolute Gasteiger partial charge is 0.378 e. The maximum atomic E-state index is 9.80. The zero-order chi connectivity index (χ0) is 8.16. The van der Waals surface area contributed by atoms with Gasteiger partial charge in [-0.3, -0.25) is 0 Å². The molecule has 11 heavy (non-hydrogen) atoms. The molecule has 1 heterocycles. The minimum atomic E-state index is -0.672. The van der Waals surface area contributed by atoms with Crippen LogP contribution in [0.3, 0.4) is 0 Å². The molecule has 0 aromatic heterocycles. The molecule has 3 heteroatoms. The van der Waals surface area contributed by atoms with E-state index in [1.54, 1.807) is 0 Å². The van der Waals surface area contributed by atoms with E-state index in [4.69, 9.17) is 0 Å². The second-order valence-electron chi connectivity index (χ2n) is 2.58. The Bertz CT molecular complexity index is 174. The lowest BCUT2D eigenvalue weighted by atomic mass is 9.98. The van der Waals surface area contributed by atoms with Crippen LogP contribution in [-0.4, -0.2) is 28.5 Å². The van der Waals surface area contributed by atoms with E-state index in [9.17, 15) is 5.11 Å². The zero-order valence-corrected chi connectivity index (χ0v) is 8.23. The summed E-state index contributed by atoms with van der Waals surface area (Å²) in [6.07, 6.45) is 3.57. The van der Waals surface area contributed by atoms with Crippen LogP contribution in [0.25, 0.3) is 0 Å².